The lowest BCUT2D eigenvalue weighted by Gasteiger charge is -2.24. The summed E-state index contributed by atoms with van der Waals surface area (Å²) in [5.74, 6) is -0.787. The standard InChI is InChI=1S/C16H18BrNO2S/c1-2-13(11-5-3-6-12(17)9-11)18-14(10-16(19)20)15-7-4-8-21-15/h3-9,13-14,18H,2,10H2,1H3,(H,19,20). The molecule has 1 aromatic carbocycles. The summed E-state index contributed by atoms with van der Waals surface area (Å²) in [5.41, 5.74) is 1.17. The fourth-order valence-electron chi connectivity index (χ4n) is 2.32. The van der Waals surface area contributed by atoms with Gasteiger partial charge in [0, 0.05) is 15.4 Å². The Balaban J connectivity index is 2.19. The molecule has 0 amide bonds. The van der Waals surface area contributed by atoms with Crippen LogP contribution in [0.2, 0.25) is 0 Å². The highest BCUT2D eigenvalue weighted by Crippen LogP contribution is 2.28. The zero-order chi connectivity index (χ0) is 15.2. The Morgan fingerprint density at radius 2 is 2.14 bits per heavy atom. The predicted octanol–water partition coefficient (Wildman–Crippen LogP) is 4.77. The van der Waals surface area contributed by atoms with Crippen molar-refractivity contribution in [2.24, 2.45) is 0 Å². The second-order valence-corrected chi connectivity index (χ2v) is 6.74. The zero-order valence-corrected chi connectivity index (χ0v) is 14.2. The molecule has 0 aliphatic carbocycles. The van der Waals surface area contributed by atoms with Crippen molar-refractivity contribution in [1.82, 2.24) is 5.32 Å². The highest BCUT2D eigenvalue weighted by molar-refractivity contribution is 9.10. The fraction of sp³-hybridized carbons (Fsp3) is 0.312. The van der Waals surface area contributed by atoms with Gasteiger partial charge in [0.25, 0.3) is 0 Å². The number of rotatable bonds is 7. The molecule has 3 nitrogen and oxygen atoms in total. The van der Waals surface area contributed by atoms with Crippen LogP contribution in [-0.2, 0) is 4.79 Å². The van der Waals surface area contributed by atoms with Crippen molar-refractivity contribution in [3.05, 3.63) is 56.7 Å². The third-order valence-electron chi connectivity index (χ3n) is 3.33. The smallest absolute Gasteiger partial charge is 0.305 e. The van der Waals surface area contributed by atoms with Gasteiger partial charge in [0.05, 0.1) is 12.5 Å². The molecule has 2 N–H and O–H groups in total. The number of nitrogens with one attached hydrogen (secondary N) is 1. The van der Waals surface area contributed by atoms with Gasteiger partial charge >= 0.3 is 5.97 Å². The molecule has 0 bridgehead atoms. The summed E-state index contributed by atoms with van der Waals surface area (Å²) in [6, 6.07) is 12.0. The largest absolute Gasteiger partial charge is 0.481 e. The summed E-state index contributed by atoms with van der Waals surface area (Å²) in [7, 11) is 0. The lowest BCUT2D eigenvalue weighted by Crippen LogP contribution is -2.27. The van der Waals surface area contributed by atoms with Gasteiger partial charge in [-0.15, -0.1) is 11.3 Å². The quantitative estimate of drug-likeness (QED) is 0.740. The van der Waals surface area contributed by atoms with Gasteiger partial charge in [0.2, 0.25) is 0 Å². The first-order valence-electron chi connectivity index (χ1n) is 6.87. The first kappa shape index (κ1) is 16.2. The van der Waals surface area contributed by atoms with E-state index in [0.29, 0.717) is 0 Å². The van der Waals surface area contributed by atoms with Crippen LogP contribution in [0.4, 0.5) is 0 Å². The van der Waals surface area contributed by atoms with Crippen LogP contribution in [0, 0.1) is 0 Å². The molecule has 0 spiro atoms. The van der Waals surface area contributed by atoms with E-state index in [1.165, 1.54) is 5.56 Å². The number of carbonyl (C=O) groups is 1. The molecular weight excluding hydrogens is 350 g/mol. The molecule has 1 aromatic heterocycles. The normalized spacial score (nSPS) is 13.8. The average Bonchev–Trinajstić information content (AvgIpc) is 2.97. The van der Waals surface area contributed by atoms with Gasteiger partial charge in [0.1, 0.15) is 0 Å². The number of halogens is 1. The lowest BCUT2D eigenvalue weighted by atomic mass is 10.0. The van der Waals surface area contributed by atoms with Crippen molar-refractivity contribution in [3.8, 4) is 0 Å². The fourth-order valence-corrected chi connectivity index (χ4v) is 3.53. The number of carboxylic acid groups (broad SMARTS) is 1. The summed E-state index contributed by atoms with van der Waals surface area (Å²) in [4.78, 5) is 12.2. The van der Waals surface area contributed by atoms with Crippen LogP contribution in [0.25, 0.3) is 0 Å². The molecule has 0 radical (unpaired) electrons. The molecule has 112 valence electrons. The van der Waals surface area contributed by atoms with Gasteiger partial charge in [0.15, 0.2) is 0 Å². The van der Waals surface area contributed by atoms with Crippen molar-refractivity contribution in [3.63, 3.8) is 0 Å². The molecule has 0 saturated carbocycles. The van der Waals surface area contributed by atoms with Gasteiger partial charge in [-0.3, -0.25) is 4.79 Å². The van der Waals surface area contributed by atoms with Crippen LogP contribution in [-0.4, -0.2) is 11.1 Å². The molecule has 2 atom stereocenters. The maximum absolute atomic E-state index is 11.1. The third-order valence-corrected chi connectivity index (χ3v) is 4.81. The van der Waals surface area contributed by atoms with E-state index < -0.39 is 5.97 Å². The third kappa shape index (κ3) is 4.66. The highest BCUT2D eigenvalue weighted by Gasteiger charge is 2.20. The van der Waals surface area contributed by atoms with Gasteiger partial charge in [-0.2, -0.15) is 0 Å². The average molecular weight is 368 g/mol. The van der Waals surface area contributed by atoms with Crippen LogP contribution in [0.3, 0.4) is 0 Å². The van der Waals surface area contributed by atoms with Crippen molar-refractivity contribution >= 4 is 33.2 Å². The van der Waals surface area contributed by atoms with Crippen LogP contribution in [0.1, 0.15) is 42.3 Å². The van der Waals surface area contributed by atoms with Crippen LogP contribution >= 0.6 is 27.3 Å². The summed E-state index contributed by atoms with van der Waals surface area (Å²) in [6.45, 7) is 2.10. The Morgan fingerprint density at radius 1 is 1.33 bits per heavy atom. The Morgan fingerprint density at radius 3 is 2.71 bits per heavy atom. The second-order valence-electron chi connectivity index (χ2n) is 4.85. The topological polar surface area (TPSA) is 49.3 Å². The maximum Gasteiger partial charge on any atom is 0.305 e. The van der Waals surface area contributed by atoms with Crippen molar-refractivity contribution in [2.45, 2.75) is 31.8 Å². The Bertz CT molecular complexity index is 586. The first-order valence-corrected chi connectivity index (χ1v) is 8.54. The van der Waals surface area contributed by atoms with Crippen molar-refractivity contribution < 1.29 is 9.90 Å². The minimum atomic E-state index is -0.787. The summed E-state index contributed by atoms with van der Waals surface area (Å²) in [5, 5.41) is 14.6. The van der Waals surface area contributed by atoms with Crippen molar-refractivity contribution in [2.75, 3.05) is 0 Å². The lowest BCUT2D eigenvalue weighted by molar-refractivity contribution is -0.137. The van der Waals surface area contributed by atoms with E-state index in [0.717, 1.165) is 15.8 Å². The number of aliphatic carboxylic acids is 1. The monoisotopic (exact) mass is 367 g/mol. The molecule has 21 heavy (non-hydrogen) atoms. The minimum Gasteiger partial charge on any atom is -0.481 e. The first-order chi connectivity index (χ1) is 10.1. The second kappa shape index (κ2) is 7.73. The van der Waals surface area contributed by atoms with E-state index in [1.807, 2.05) is 29.6 Å². The highest BCUT2D eigenvalue weighted by atomic mass is 79.9. The van der Waals surface area contributed by atoms with Gasteiger partial charge in [-0.05, 0) is 35.6 Å². The molecule has 0 aliphatic heterocycles. The number of benzene rings is 1. The molecule has 0 aliphatic rings. The van der Waals surface area contributed by atoms with E-state index in [9.17, 15) is 4.79 Å². The Kier molecular flexibility index (Phi) is 5.96. The Hall–Kier alpha value is -1.17. The molecule has 0 fully saturated rings. The van der Waals surface area contributed by atoms with Crippen molar-refractivity contribution in [1.29, 1.82) is 0 Å². The van der Waals surface area contributed by atoms with E-state index >= 15 is 0 Å². The molecule has 2 rings (SSSR count). The molecular formula is C16H18BrNO2S. The SMILES string of the molecule is CCC(NC(CC(=O)O)c1cccs1)c1cccc(Br)c1. The number of thiophene rings is 1. The Labute approximate surface area is 137 Å². The van der Waals surface area contributed by atoms with E-state index in [1.54, 1.807) is 11.3 Å². The molecule has 2 unspecified atom stereocenters. The number of hydrogen-bond acceptors (Lipinski definition) is 3. The predicted molar refractivity (Wildman–Crippen MR) is 89.6 cm³/mol. The van der Waals surface area contributed by atoms with Crippen LogP contribution in [0.5, 0.6) is 0 Å². The number of carboxylic acids is 1. The van der Waals surface area contributed by atoms with E-state index in [4.69, 9.17) is 5.11 Å². The van der Waals surface area contributed by atoms with Crippen LogP contribution < -0.4 is 5.32 Å². The molecule has 5 heteroatoms. The van der Waals surface area contributed by atoms with E-state index in [-0.39, 0.29) is 18.5 Å². The molecule has 1 heterocycles. The molecule has 2 aromatic rings. The molecule has 0 saturated heterocycles. The minimum absolute atomic E-state index is 0.0883. The zero-order valence-electron chi connectivity index (χ0n) is 11.8. The summed E-state index contributed by atoms with van der Waals surface area (Å²) >= 11 is 5.07. The number of hydrogen-bond donors (Lipinski definition) is 2. The van der Waals surface area contributed by atoms with Gasteiger partial charge in [-0.1, -0.05) is 41.1 Å². The van der Waals surface area contributed by atoms with Gasteiger partial charge < -0.3 is 10.4 Å². The maximum atomic E-state index is 11.1. The van der Waals surface area contributed by atoms with E-state index in [2.05, 4.69) is 40.3 Å². The summed E-state index contributed by atoms with van der Waals surface area (Å²) < 4.78 is 1.03. The summed E-state index contributed by atoms with van der Waals surface area (Å²) in [6.07, 6.45) is 0.989. The van der Waals surface area contributed by atoms with Gasteiger partial charge in [-0.25, -0.2) is 0 Å². The van der Waals surface area contributed by atoms with Crippen LogP contribution in [0.15, 0.2) is 46.3 Å².